The van der Waals surface area contributed by atoms with Gasteiger partial charge in [-0.25, -0.2) is 14.2 Å². The number of ether oxygens (including phenoxy) is 3. The number of aromatic nitrogens is 1. The number of carbonyl (C=O) groups excluding carboxylic acids is 1. The topological polar surface area (TPSA) is 79.1 Å². The van der Waals surface area contributed by atoms with Crippen LogP contribution in [0.4, 0.5) is 4.39 Å². The van der Waals surface area contributed by atoms with Crippen LogP contribution in [0.15, 0.2) is 63.5 Å². The number of rotatable bonds is 6. The smallest absolute Gasteiger partial charge is 0.338 e. The van der Waals surface area contributed by atoms with Gasteiger partial charge in [0.25, 0.3) is 5.56 Å². The van der Waals surface area contributed by atoms with Gasteiger partial charge in [-0.2, -0.15) is 0 Å². The largest absolute Gasteiger partial charge is 0.493 e. The highest BCUT2D eigenvalue weighted by Crippen LogP contribution is 2.36. The number of benzene rings is 2. The fourth-order valence-electron chi connectivity index (χ4n) is 3.84. The molecule has 0 amide bonds. The Kier molecular flexibility index (Phi) is 6.65. The molecule has 0 radical (unpaired) electrons. The predicted octanol–water partition coefficient (Wildman–Crippen LogP) is 2.95. The van der Waals surface area contributed by atoms with E-state index in [9.17, 15) is 14.0 Å². The molecule has 1 aliphatic heterocycles. The maximum absolute atomic E-state index is 13.6. The van der Waals surface area contributed by atoms with Crippen molar-refractivity contribution in [2.24, 2.45) is 4.99 Å². The lowest BCUT2D eigenvalue weighted by molar-refractivity contribution is -0.139. The summed E-state index contributed by atoms with van der Waals surface area (Å²) in [6.45, 7) is 3.62. The summed E-state index contributed by atoms with van der Waals surface area (Å²) in [6.07, 6.45) is 1.68. The molecule has 1 atom stereocenters. The van der Waals surface area contributed by atoms with Crippen LogP contribution in [0.3, 0.4) is 0 Å². The molecular weight excluding hydrogens is 459 g/mol. The zero-order valence-electron chi connectivity index (χ0n) is 19.1. The Hall–Kier alpha value is -3.72. The van der Waals surface area contributed by atoms with E-state index < -0.39 is 12.0 Å². The molecule has 1 aliphatic rings. The summed E-state index contributed by atoms with van der Waals surface area (Å²) >= 11 is 1.20. The molecule has 3 aromatic rings. The summed E-state index contributed by atoms with van der Waals surface area (Å²) in [4.78, 5) is 31.5. The zero-order valence-corrected chi connectivity index (χ0v) is 19.9. The van der Waals surface area contributed by atoms with Gasteiger partial charge in [0.15, 0.2) is 16.3 Å². The van der Waals surface area contributed by atoms with Crippen molar-refractivity contribution in [3.8, 4) is 11.5 Å². The molecule has 2 heterocycles. The number of esters is 1. The van der Waals surface area contributed by atoms with Crippen LogP contribution in [-0.2, 0) is 9.53 Å². The average Bonchev–Trinajstić information content (AvgIpc) is 3.13. The zero-order chi connectivity index (χ0) is 24.4. The molecule has 0 N–H and O–H groups in total. The number of allylic oxidation sites excluding steroid dienone is 1. The predicted molar refractivity (Wildman–Crippen MR) is 126 cm³/mol. The molecule has 9 heteroatoms. The van der Waals surface area contributed by atoms with Crippen LogP contribution < -0.4 is 24.4 Å². The van der Waals surface area contributed by atoms with E-state index in [1.54, 1.807) is 50.3 Å². The first-order valence-electron chi connectivity index (χ1n) is 10.5. The fourth-order valence-corrected chi connectivity index (χ4v) is 4.89. The van der Waals surface area contributed by atoms with Gasteiger partial charge in [0.05, 0.1) is 42.7 Å². The normalized spacial score (nSPS) is 15.6. The van der Waals surface area contributed by atoms with Crippen LogP contribution in [0, 0.1) is 5.82 Å². The molecule has 0 fully saturated rings. The molecule has 1 aromatic heterocycles. The maximum atomic E-state index is 13.6. The fraction of sp³-hybridized carbons (Fsp3) is 0.240. The van der Waals surface area contributed by atoms with Crippen molar-refractivity contribution in [3.05, 3.63) is 90.4 Å². The van der Waals surface area contributed by atoms with E-state index >= 15 is 0 Å². The average molecular weight is 483 g/mol. The summed E-state index contributed by atoms with van der Waals surface area (Å²) in [6, 6.07) is 10.3. The lowest BCUT2D eigenvalue weighted by Crippen LogP contribution is -2.39. The van der Waals surface area contributed by atoms with Crippen LogP contribution in [0.1, 0.15) is 31.0 Å². The molecule has 7 nitrogen and oxygen atoms in total. The molecule has 2 aromatic carbocycles. The minimum atomic E-state index is -0.773. The Balaban J connectivity index is 1.96. The van der Waals surface area contributed by atoms with E-state index in [0.717, 1.165) is 0 Å². The number of methoxy groups -OCH3 is 2. The highest BCUT2D eigenvalue weighted by molar-refractivity contribution is 7.07. The second kappa shape index (κ2) is 9.64. The highest BCUT2D eigenvalue weighted by Gasteiger charge is 2.33. The summed E-state index contributed by atoms with van der Waals surface area (Å²) in [5, 5.41) is 0. The first-order chi connectivity index (χ1) is 16.4. The third kappa shape index (κ3) is 4.26. The monoisotopic (exact) mass is 482 g/mol. The molecule has 0 unspecified atom stereocenters. The number of halogens is 1. The number of nitrogens with zero attached hydrogens (tertiary/aromatic N) is 2. The summed E-state index contributed by atoms with van der Waals surface area (Å²) in [5.74, 6) is 0.0813. The number of fused-ring (bicyclic) bond motifs is 1. The minimum absolute atomic E-state index is 0.184. The van der Waals surface area contributed by atoms with Gasteiger partial charge in [-0.3, -0.25) is 9.36 Å². The Morgan fingerprint density at radius 2 is 1.85 bits per heavy atom. The first kappa shape index (κ1) is 23.4. The van der Waals surface area contributed by atoms with Crippen molar-refractivity contribution in [3.63, 3.8) is 0 Å². The molecule has 0 aliphatic carbocycles. The molecule has 176 valence electrons. The third-order valence-corrected chi connectivity index (χ3v) is 6.39. The van der Waals surface area contributed by atoms with Crippen LogP contribution >= 0.6 is 11.3 Å². The number of thiazole rings is 1. The third-order valence-electron chi connectivity index (χ3n) is 5.41. The van der Waals surface area contributed by atoms with Crippen LogP contribution in [0.2, 0.25) is 0 Å². The summed E-state index contributed by atoms with van der Waals surface area (Å²) in [5.41, 5.74) is 1.74. The molecular formula is C25H23FN2O5S. The molecule has 0 bridgehead atoms. The van der Waals surface area contributed by atoms with Crippen LogP contribution in [-0.4, -0.2) is 31.4 Å². The van der Waals surface area contributed by atoms with Gasteiger partial charge in [0.1, 0.15) is 5.82 Å². The Morgan fingerprint density at radius 1 is 1.15 bits per heavy atom. The van der Waals surface area contributed by atoms with Gasteiger partial charge in [-0.15, -0.1) is 0 Å². The van der Waals surface area contributed by atoms with Crippen molar-refractivity contribution in [2.45, 2.75) is 19.9 Å². The molecule has 4 rings (SSSR count). The van der Waals surface area contributed by atoms with E-state index in [-0.39, 0.29) is 23.6 Å². The van der Waals surface area contributed by atoms with Crippen molar-refractivity contribution >= 4 is 23.4 Å². The lowest BCUT2D eigenvalue weighted by Gasteiger charge is -2.25. The van der Waals surface area contributed by atoms with Crippen molar-refractivity contribution < 1.29 is 23.4 Å². The second-order valence-electron chi connectivity index (χ2n) is 7.47. The maximum Gasteiger partial charge on any atom is 0.338 e. The quantitative estimate of drug-likeness (QED) is 0.505. The molecule has 0 saturated carbocycles. The molecule has 34 heavy (non-hydrogen) atoms. The highest BCUT2D eigenvalue weighted by atomic mass is 32.1. The van der Waals surface area contributed by atoms with Gasteiger partial charge in [-0.05, 0) is 55.3 Å². The number of hydrogen-bond donors (Lipinski definition) is 0. The first-order valence-corrected chi connectivity index (χ1v) is 11.4. The minimum Gasteiger partial charge on any atom is -0.493 e. The van der Waals surface area contributed by atoms with Crippen molar-refractivity contribution in [1.82, 2.24) is 4.57 Å². The van der Waals surface area contributed by atoms with E-state index in [2.05, 4.69) is 4.99 Å². The van der Waals surface area contributed by atoms with Gasteiger partial charge in [0, 0.05) is 0 Å². The van der Waals surface area contributed by atoms with E-state index in [1.165, 1.54) is 42.3 Å². The van der Waals surface area contributed by atoms with Crippen LogP contribution in [0.25, 0.3) is 6.08 Å². The van der Waals surface area contributed by atoms with Gasteiger partial charge in [0.2, 0.25) is 0 Å². The second-order valence-corrected chi connectivity index (χ2v) is 8.48. The SMILES string of the molecule is CCOC(=O)C1=C(C)N=c2s/c(=C\c3ccc(F)cc3)c(=O)n2[C@@H]1c1ccc(OC)c(OC)c1. The summed E-state index contributed by atoms with van der Waals surface area (Å²) in [7, 11) is 3.05. The lowest BCUT2D eigenvalue weighted by atomic mass is 9.95. The Labute approximate surface area is 199 Å². The van der Waals surface area contributed by atoms with E-state index in [4.69, 9.17) is 14.2 Å². The van der Waals surface area contributed by atoms with Crippen molar-refractivity contribution in [2.75, 3.05) is 20.8 Å². The molecule has 0 saturated heterocycles. The van der Waals surface area contributed by atoms with Crippen molar-refractivity contribution in [1.29, 1.82) is 0 Å². The number of hydrogen-bond acceptors (Lipinski definition) is 7. The summed E-state index contributed by atoms with van der Waals surface area (Å²) < 4.78 is 31.3. The standard InChI is InChI=1S/C25H23FN2O5S/c1-5-33-24(30)21-14(2)27-25-28(22(21)16-8-11-18(31-3)19(13-16)32-4)23(29)20(34-25)12-15-6-9-17(26)10-7-15/h6-13,22H,5H2,1-4H3/b20-12-/t22-/m1/s1. The van der Waals surface area contributed by atoms with E-state index in [1.807, 2.05) is 0 Å². The molecule has 0 spiro atoms. The van der Waals surface area contributed by atoms with Gasteiger partial charge in [-0.1, -0.05) is 29.5 Å². The van der Waals surface area contributed by atoms with Gasteiger partial charge >= 0.3 is 5.97 Å². The number of carbonyl (C=O) groups is 1. The van der Waals surface area contributed by atoms with E-state index in [0.29, 0.717) is 37.7 Å². The Bertz CT molecular complexity index is 1450. The Morgan fingerprint density at radius 3 is 2.50 bits per heavy atom. The van der Waals surface area contributed by atoms with Gasteiger partial charge < -0.3 is 14.2 Å². The van der Waals surface area contributed by atoms with Crippen LogP contribution in [0.5, 0.6) is 11.5 Å².